The standard InChI is InChI=1S/C13H20N2OS/c1-3-9-15-13(2,12(14)16)10-17-11-7-5-4-6-8-11/h4-8,15H,3,9-10H2,1-2H3,(H2,14,16). The Morgan fingerprint density at radius 1 is 1.41 bits per heavy atom. The van der Waals surface area contributed by atoms with Crippen LogP contribution in [0, 0.1) is 0 Å². The minimum Gasteiger partial charge on any atom is -0.368 e. The predicted octanol–water partition coefficient (Wildman–Crippen LogP) is 2.02. The van der Waals surface area contributed by atoms with Crippen LogP contribution < -0.4 is 11.1 Å². The molecule has 4 heteroatoms. The first-order valence-corrected chi connectivity index (χ1v) is 6.80. The Labute approximate surface area is 107 Å². The molecule has 0 aromatic heterocycles. The van der Waals surface area contributed by atoms with Crippen LogP contribution in [-0.2, 0) is 4.79 Å². The molecule has 0 radical (unpaired) electrons. The third-order valence-electron chi connectivity index (χ3n) is 2.58. The van der Waals surface area contributed by atoms with E-state index in [0.717, 1.165) is 17.9 Å². The Morgan fingerprint density at radius 3 is 2.59 bits per heavy atom. The highest BCUT2D eigenvalue weighted by Crippen LogP contribution is 2.22. The highest BCUT2D eigenvalue weighted by atomic mass is 32.2. The molecule has 1 atom stereocenters. The lowest BCUT2D eigenvalue weighted by molar-refractivity contribution is -0.122. The van der Waals surface area contributed by atoms with Crippen LogP contribution in [0.5, 0.6) is 0 Å². The van der Waals surface area contributed by atoms with Crippen LogP contribution in [0.3, 0.4) is 0 Å². The molecular formula is C13H20N2OS. The zero-order valence-electron chi connectivity index (χ0n) is 10.4. The van der Waals surface area contributed by atoms with Crippen molar-refractivity contribution < 1.29 is 4.79 Å². The molecule has 1 rings (SSSR count). The molecule has 3 nitrogen and oxygen atoms in total. The molecule has 0 fully saturated rings. The first-order chi connectivity index (χ1) is 8.08. The number of nitrogens with one attached hydrogen (secondary N) is 1. The van der Waals surface area contributed by atoms with Crippen molar-refractivity contribution in [3.63, 3.8) is 0 Å². The summed E-state index contributed by atoms with van der Waals surface area (Å²) >= 11 is 1.64. The molecule has 0 bridgehead atoms. The van der Waals surface area contributed by atoms with Crippen LogP contribution >= 0.6 is 11.8 Å². The van der Waals surface area contributed by atoms with Gasteiger partial charge in [-0.1, -0.05) is 25.1 Å². The minimum absolute atomic E-state index is 0.297. The maximum atomic E-state index is 11.5. The molecule has 1 amide bonds. The Hall–Kier alpha value is -1.00. The molecule has 0 saturated heterocycles. The average Bonchev–Trinajstić information content (AvgIpc) is 2.35. The summed E-state index contributed by atoms with van der Waals surface area (Å²) < 4.78 is 0. The van der Waals surface area contributed by atoms with E-state index in [4.69, 9.17) is 5.73 Å². The lowest BCUT2D eigenvalue weighted by Gasteiger charge is -2.27. The normalized spacial score (nSPS) is 14.2. The van der Waals surface area contributed by atoms with Gasteiger partial charge in [-0.2, -0.15) is 0 Å². The number of primary amides is 1. The van der Waals surface area contributed by atoms with Gasteiger partial charge < -0.3 is 11.1 Å². The number of carbonyl (C=O) groups is 1. The molecular weight excluding hydrogens is 232 g/mol. The third-order valence-corrected chi connectivity index (χ3v) is 3.91. The largest absolute Gasteiger partial charge is 0.368 e. The van der Waals surface area contributed by atoms with Crippen LogP contribution in [0.1, 0.15) is 20.3 Å². The monoisotopic (exact) mass is 252 g/mol. The summed E-state index contributed by atoms with van der Waals surface area (Å²) in [7, 11) is 0. The van der Waals surface area contributed by atoms with E-state index in [1.807, 2.05) is 37.3 Å². The van der Waals surface area contributed by atoms with Crippen molar-refractivity contribution in [2.24, 2.45) is 5.73 Å². The number of hydrogen-bond acceptors (Lipinski definition) is 3. The molecule has 0 spiro atoms. The van der Waals surface area contributed by atoms with Crippen molar-refractivity contribution in [3.05, 3.63) is 30.3 Å². The predicted molar refractivity (Wildman–Crippen MR) is 73.1 cm³/mol. The molecule has 0 aliphatic carbocycles. The average molecular weight is 252 g/mol. The number of carbonyl (C=O) groups excluding carboxylic acids is 1. The fourth-order valence-electron chi connectivity index (χ4n) is 1.35. The first kappa shape index (κ1) is 14.1. The van der Waals surface area contributed by atoms with E-state index in [9.17, 15) is 4.79 Å². The van der Waals surface area contributed by atoms with Crippen molar-refractivity contribution in [2.75, 3.05) is 12.3 Å². The molecule has 3 N–H and O–H groups in total. The van der Waals surface area contributed by atoms with Crippen molar-refractivity contribution >= 4 is 17.7 Å². The summed E-state index contributed by atoms with van der Waals surface area (Å²) in [6.07, 6.45) is 0.985. The number of amides is 1. The Balaban J connectivity index is 2.58. The fourth-order valence-corrected chi connectivity index (χ4v) is 2.40. The molecule has 1 aromatic rings. The van der Waals surface area contributed by atoms with E-state index in [2.05, 4.69) is 12.2 Å². The summed E-state index contributed by atoms with van der Waals surface area (Å²) in [6.45, 7) is 4.73. The quantitative estimate of drug-likeness (QED) is 0.730. The van der Waals surface area contributed by atoms with Gasteiger partial charge in [0.05, 0.1) is 0 Å². The van der Waals surface area contributed by atoms with Crippen molar-refractivity contribution in [1.29, 1.82) is 0 Å². The van der Waals surface area contributed by atoms with Gasteiger partial charge in [-0.15, -0.1) is 11.8 Å². The maximum absolute atomic E-state index is 11.5. The van der Waals surface area contributed by atoms with Gasteiger partial charge in [0.1, 0.15) is 5.54 Å². The van der Waals surface area contributed by atoms with E-state index in [1.165, 1.54) is 0 Å². The zero-order valence-corrected chi connectivity index (χ0v) is 11.2. The molecule has 94 valence electrons. The van der Waals surface area contributed by atoms with Crippen LogP contribution in [0.4, 0.5) is 0 Å². The summed E-state index contributed by atoms with van der Waals surface area (Å²) in [6, 6.07) is 10.0. The molecule has 0 aliphatic heterocycles. The summed E-state index contributed by atoms with van der Waals surface area (Å²) in [5.41, 5.74) is 4.82. The summed E-state index contributed by atoms with van der Waals surface area (Å²) in [4.78, 5) is 12.6. The Kier molecular flexibility index (Phi) is 5.51. The first-order valence-electron chi connectivity index (χ1n) is 5.81. The third kappa shape index (κ3) is 4.40. The Bertz CT molecular complexity index is 356. The zero-order chi connectivity index (χ0) is 12.7. The van der Waals surface area contributed by atoms with E-state index < -0.39 is 5.54 Å². The van der Waals surface area contributed by atoms with Gasteiger partial charge in [0.25, 0.3) is 0 Å². The van der Waals surface area contributed by atoms with Gasteiger partial charge >= 0.3 is 0 Å². The van der Waals surface area contributed by atoms with E-state index in [1.54, 1.807) is 11.8 Å². The van der Waals surface area contributed by atoms with E-state index in [0.29, 0.717) is 5.75 Å². The molecule has 0 heterocycles. The maximum Gasteiger partial charge on any atom is 0.238 e. The second-order valence-corrected chi connectivity index (χ2v) is 5.27. The van der Waals surface area contributed by atoms with Gasteiger partial charge in [-0.25, -0.2) is 0 Å². The van der Waals surface area contributed by atoms with E-state index in [-0.39, 0.29) is 5.91 Å². The topological polar surface area (TPSA) is 55.1 Å². The SMILES string of the molecule is CCCNC(C)(CSc1ccccc1)C(N)=O. The number of rotatable bonds is 7. The second-order valence-electron chi connectivity index (χ2n) is 4.22. The Morgan fingerprint density at radius 2 is 2.06 bits per heavy atom. The summed E-state index contributed by atoms with van der Waals surface area (Å²) in [5, 5.41) is 3.22. The smallest absolute Gasteiger partial charge is 0.238 e. The number of nitrogens with two attached hydrogens (primary N) is 1. The van der Waals surface area contributed by atoms with Crippen LogP contribution in [-0.4, -0.2) is 23.7 Å². The molecule has 0 aliphatic rings. The highest BCUT2D eigenvalue weighted by Gasteiger charge is 2.30. The van der Waals surface area contributed by atoms with E-state index >= 15 is 0 Å². The number of hydrogen-bond donors (Lipinski definition) is 2. The van der Waals surface area contributed by atoms with Gasteiger partial charge in [0.2, 0.25) is 5.91 Å². The van der Waals surface area contributed by atoms with Gasteiger partial charge in [-0.05, 0) is 32.0 Å². The number of benzene rings is 1. The van der Waals surface area contributed by atoms with Crippen LogP contribution in [0.15, 0.2) is 35.2 Å². The van der Waals surface area contributed by atoms with Gasteiger partial charge in [0, 0.05) is 10.6 Å². The van der Waals surface area contributed by atoms with Crippen molar-refractivity contribution in [1.82, 2.24) is 5.32 Å². The van der Waals surface area contributed by atoms with Crippen molar-refractivity contribution in [3.8, 4) is 0 Å². The minimum atomic E-state index is -0.642. The van der Waals surface area contributed by atoms with Crippen LogP contribution in [0.2, 0.25) is 0 Å². The number of thioether (sulfide) groups is 1. The van der Waals surface area contributed by atoms with Crippen molar-refractivity contribution in [2.45, 2.75) is 30.7 Å². The molecule has 1 aromatic carbocycles. The summed E-state index contributed by atoms with van der Waals surface area (Å²) in [5.74, 6) is 0.348. The lowest BCUT2D eigenvalue weighted by atomic mass is 10.1. The molecule has 1 unspecified atom stereocenters. The lowest BCUT2D eigenvalue weighted by Crippen LogP contribution is -2.55. The second kappa shape index (κ2) is 6.67. The van der Waals surface area contributed by atoms with Gasteiger partial charge in [-0.3, -0.25) is 4.79 Å². The van der Waals surface area contributed by atoms with Gasteiger partial charge in [0.15, 0.2) is 0 Å². The molecule has 17 heavy (non-hydrogen) atoms. The van der Waals surface area contributed by atoms with Crippen LogP contribution in [0.25, 0.3) is 0 Å². The fraction of sp³-hybridized carbons (Fsp3) is 0.462. The highest BCUT2D eigenvalue weighted by molar-refractivity contribution is 7.99. The molecule has 0 saturated carbocycles.